The quantitative estimate of drug-likeness (QED) is 0.685. The number of esters is 1. The molecule has 32 heavy (non-hydrogen) atoms. The maximum absolute atomic E-state index is 13.4. The van der Waals surface area contributed by atoms with Crippen molar-refractivity contribution in [3.63, 3.8) is 0 Å². The number of carbonyl (C=O) groups is 3. The van der Waals surface area contributed by atoms with Crippen molar-refractivity contribution in [2.45, 2.75) is 40.0 Å². The van der Waals surface area contributed by atoms with Crippen LogP contribution >= 0.6 is 0 Å². The molecule has 3 rings (SSSR count). The molecule has 6 nitrogen and oxygen atoms in total. The summed E-state index contributed by atoms with van der Waals surface area (Å²) in [5.74, 6) is -2.18. The first-order chi connectivity index (χ1) is 15.2. The number of hydrogen-bond donors (Lipinski definition) is 1. The molecule has 0 spiro atoms. The van der Waals surface area contributed by atoms with E-state index < -0.39 is 17.7 Å². The van der Waals surface area contributed by atoms with Gasteiger partial charge in [-0.2, -0.15) is 0 Å². The van der Waals surface area contributed by atoms with Crippen molar-refractivity contribution in [3.8, 4) is 0 Å². The lowest BCUT2D eigenvalue weighted by Crippen LogP contribution is -2.42. The largest absolute Gasteiger partial charge is 0.463 e. The molecule has 0 fully saturated rings. The van der Waals surface area contributed by atoms with Crippen LogP contribution in [-0.4, -0.2) is 35.8 Å². The highest BCUT2D eigenvalue weighted by molar-refractivity contribution is 5.99. The lowest BCUT2D eigenvalue weighted by Gasteiger charge is -2.34. The van der Waals surface area contributed by atoms with E-state index in [4.69, 9.17) is 4.74 Å². The van der Waals surface area contributed by atoms with Crippen molar-refractivity contribution in [1.29, 1.82) is 0 Å². The van der Waals surface area contributed by atoms with Gasteiger partial charge >= 0.3 is 5.97 Å². The number of anilines is 1. The summed E-state index contributed by atoms with van der Waals surface area (Å²) in [4.78, 5) is 39.7. The van der Waals surface area contributed by atoms with E-state index in [1.165, 1.54) is 17.0 Å². The Labute approximate surface area is 187 Å². The molecular formula is C25H27FN2O4. The molecule has 168 valence electrons. The number of halogens is 1. The zero-order valence-corrected chi connectivity index (χ0v) is 18.7. The Morgan fingerprint density at radius 1 is 1.09 bits per heavy atom. The van der Waals surface area contributed by atoms with E-state index in [9.17, 15) is 18.8 Å². The average Bonchev–Trinajstić information content (AvgIpc) is 2.74. The Hall–Kier alpha value is -3.48. The number of benzene rings is 2. The first-order valence-electron chi connectivity index (χ1n) is 10.5. The van der Waals surface area contributed by atoms with Crippen LogP contribution in [0.2, 0.25) is 0 Å². The molecular weight excluding hydrogens is 411 g/mol. The topological polar surface area (TPSA) is 75.7 Å². The molecule has 2 aromatic carbocycles. The number of amides is 2. The summed E-state index contributed by atoms with van der Waals surface area (Å²) < 4.78 is 18.6. The molecule has 0 aromatic heterocycles. The number of rotatable bonds is 6. The van der Waals surface area contributed by atoms with Crippen molar-refractivity contribution < 1.29 is 23.5 Å². The molecule has 1 atom stereocenters. The van der Waals surface area contributed by atoms with Gasteiger partial charge in [0.15, 0.2) is 0 Å². The summed E-state index contributed by atoms with van der Waals surface area (Å²) in [6.45, 7) is 7.21. The van der Waals surface area contributed by atoms with E-state index in [0.717, 1.165) is 11.1 Å². The van der Waals surface area contributed by atoms with E-state index >= 15 is 0 Å². The van der Waals surface area contributed by atoms with Crippen molar-refractivity contribution >= 4 is 23.5 Å². The molecule has 1 N–H and O–H groups in total. The van der Waals surface area contributed by atoms with Gasteiger partial charge in [0, 0.05) is 23.7 Å². The van der Waals surface area contributed by atoms with Crippen LogP contribution in [0.4, 0.5) is 10.1 Å². The van der Waals surface area contributed by atoms with Gasteiger partial charge in [-0.25, -0.2) is 9.18 Å². The fraction of sp³-hybridized carbons (Fsp3) is 0.320. The van der Waals surface area contributed by atoms with Gasteiger partial charge in [-0.15, -0.1) is 0 Å². The summed E-state index contributed by atoms with van der Waals surface area (Å²) in [5, 5.41) is 2.80. The van der Waals surface area contributed by atoms with Crippen LogP contribution in [-0.2, 0) is 19.1 Å². The summed E-state index contributed by atoms with van der Waals surface area (Å²) in [7, 11) is 0. The van der Waals surface area contributed by atoms with E-state index in [-0.39, 0.29) is 31.4 Å². The number of aryl methyl sites for hydroxylation is 2. The van der Waals surface area contributed by atoms with Gasteiger partial charge in [0.05, 0.1) is 12.2 Å². The predicted octanol–water partition coefficient (Wildman–Crippen LogP) is 4.23. The minimum atomic E-state index is -0.568. The lowest BCUT2D eigenvalue weighted by molar-refractivity contribution is -0.140. The van der Waals surface area contributed by atoms with Crippen molar-refractivity contribution in [2.75, 3.05) is 18.5 Å². The van der Waals surface area contributed by atoms with E-state index in [1.807, 2.05) is 26.0 Å². The molecule has 7 heteroatoms. The zero-order valence-electron chi connectivity index (χ0n) is 18.7. The van der Waals surface area contributed by atoms with Crippen LogP contribution in [0.15, 0.2) is 53.7 Å². The predicted molar refractivity (Wildman–Crippen MR) is 119 cm³/mol. The Bertz CT molecular complexity index is 1080. The SMILES string of the molecule is CCOC(=O)C1=C(C)N(CC(=O)Nc2ccc(C)c(C)c2)C(=O)CC1c1ccc(F)cc1. The number of carbonyl (C=O) groups excluding carboxylic acids is 3. The monoisotopic (exact) mass is 438 g/mol. The van der Waals surface area contributed by atoms with Crippen LogP contribution in [0.25, 0.3) is 0 Å². The van der Waals surface area contributed by atoms with Crippen LogP contribution in [0, 0.1) is 19.7 Å². The van der Waals surface area contributed by atoms with Gasteiger partial charge in [0.1, 0.15) is 12.4 Å². The summed E-state index contributed by atoms with van der Waals surface area (Å²) >= 11 is 0. The van der Waals surface area contributed by atoms with E-state index in [1.54, 1.807) is 32.0 Å². The average molecular weight is 438 g/mol. The molecule has 2 aromatic rings. The number of nitrogens with zero attached hydrogens (tertiary/aromatic N) is 1. The van der Waals surface area contributed by atoms with Crippen molar-refractivity contribution in [1.82, 2.24) is 4.90 Å². The summed E-state index contributed by atoms with van der Waals surface area (Å²) in [6, 6.07) is 11.3. The Balaban J connectivity index is 1.89. The second-order valence-corrected chi connectivity index (χ2v) is 7.85. The third-order valence-electron chi connectivity index (χ3n) is 5.68. The first kappa shape index (κ1) is 23.2. The lowest BCUT2D eigenvalue weighted by atomic mass is 9.83. The molecule has 1 aliphatic heterocycles. The maximum atomic E-state index is 13.4. The molecule has 1 unspecified atom stereocenters. The number of hydrogen-bond acceptors (Lipinski definition) is 4. The highest BCUT2D eigenvalue weighted by Gasteiger charge is 2.37. The van der Waals surface area contributed by atoms with Gasteiger partial charge in [-0.1, -0.05) is 18.2 Å². The molecule has 1 heterocycles. The van der Waals surface area contributed by atoms with E-state index in [2.05, 4.69) is 5.32 Å². The number of nitrogens with one attached hydrogen (secondary N) is 1. The fourth-order valence-electron chi connectivity index (χ4n) is 3.82. The van der Waals surface area contributed by atoms with Gasteiger partial charge in [0.2, 0.25) is 11.8 Å². The zero-order chi connectivity index (χ0) is 23.4. The third-order valence-corrected chi connectivity index (χ3v) is 5.68. The smallest absolute Gasteiger partial charge is 0.336 e. The Kier molecular flexibility index (Phi) is 7.08. The van der Waals surface area contributed by atoms with Gasteiger partial charge in [-0.05, 0) is 68.7 Å². The maximum Gasteiger partial charge on any atom is 0.336 e. The van der Waals surface area contributed by atoms with Gasteiger partial charge < -0.3 is 15.0 Å². The summed E-state index contributed by atoms with van der Waals surface area (Å²) in [6.07, 6.45) is -0.0198. The molecule has 2 amide bonds. The Morgan fingerprint density at radius 2 is 1.78 bits per heavy atom. The summed E-state index contributed by atoms with van der Waals surface area (Å²) in [5.41, 5.74) is 4.10. The van der Waals surface area contributed by atoms with Crippen LogP contribution in [0.5, 0.6) is 0 Å². The molecule has 1 aliphatic rings. The van der Waals surface area contributed by atoms with Crippen molar-refractivity contribution in [2.24, 2.45) is 0 Å². The van der Waals surface area contributed by atoms with Crippen molar-refractivity contribution in [3.05, 3.63) is 76.2 Å². The fourth-order valence-corrected chi connectivity index (χ4v) is 3.82. The molecule has 0 aliphatic carbocycles. The normalized spacial score (nSPS) is 16.2. The molecule has 0 radical (unpaired) electrons. The third kappa shape index (κ3) is 5.04. The van der Waals surface area contributed by atoms with Gasteiger partial charge in [0.25, 0.3) is 0 Å². The highest BCUT2D eigenvalue weighted by atomic mass is 19.1. The molecule has 0 saturated carbocycles. The number of ether oxygens (including phenoxy) is 1. The first-order valence-corrected chi connectivity index (χ1v) is 10.5. The second-order valence-electron chi connectivity index (χ2n) is 7.85. The molecule has 0 bridgehead atoms. The number of allylic oxidation sites excluding steroid dienone is 1. The van der Waals surface area contributed by atoms with Crippen LogP contribution in [0.1, 0.15) is 42.9 Å². The minimum absolute atomic E-state index is 0.0198. The second kappa shape index (κ2) is 9.77. The van der Waals surface area contributed by atoms with Crippen LogP contribution in [0.3, 0.4) is 0 Å². The Morgan fingerprint density at radius 3 is 2.41 bits per heavy atom. The van der Waals surface area contributed by atoms with Gasteiger partial charge in [-0.3, -0.25) is 9.59 Å². The van der Waals surface area contributed by atoms with Crippen LogP contribution < -0.4 is 5.32 Å². The standard InChI is InChI=1S/C25H27FN2O4/c1-5-32-25(31)24-17(4)28(14-22(29)27-20-11-6-15(2)16(3)12-20)23(30)13-21(24)18-7-9-19(26)10-8-18/h6-12,21H,5,13-14H2,1-4H3,(H,27,29). The molecule has 0 saturated heterocycles. The minimum Gasteiger partial charge on any atom is -0.463 e. The highest BCUT2D eigenvalue weighted by Crippen LogP contribution is 2.37. The van der Waals surface area contributed by atoms with E-state index in [0.29, 0.717) is 22.5 Å².